The Balaban J connectivity index is 1.98. The van der Waals surface area contributed by atoms with E-state index in [4.69, 9.17) is 0 Å². The van der Waals surface area contributed by atoms with Crippen LogP contribution >= 0.6 is 11.8 Å². The monoisotopic (exact) mass is 331 g/mol. The maximum atomic E-state index is 12.5. The Morgan fingerprint density at radius 2 is 2.04 bits per heavy atom. The van der Waals surface area contributed by atoms with Gasteiger partial charge in [-0.25, -0.2) is 4.98 Å². The number of nitrogens with zero attached hydrogens (tertiary/aromatic N) is 3. The van der Waals surface area contributed by atoms with Crippen LogP contribution in [0.4, 0.5) is 0 Å². The normalized spacial score (nSPS) is 20.8. The fraction of sp³-hybridized carbons (Fsp3) is 0.611. The van der Waals surface area contributed by atoms with Gasteiger partial charge in [-0.1, -0.05) is 18.7 Å². The molecule has 0 unspecified atom stereocenters. The van der Waals surface area contributed by atoms with Crippen molar-refractivity contribution in [2.45, 2.75) is 57.5 Å². The predicted molar refractivity (Wildman–Crippen MR) is 93.3 cm³/mol. The molecule has 1 fully saturated rings. The Hall–Kier alpha value is -1.54. The molecule has 0 saturated heterocycles. The lowest BCUT2D eigenvalue weighted by atomic mass is 9.87. The summed E-state index contributed by atoms with van der Waals surface area (Å²) >= 11 is 1.38. The van der Waals surface area contributed by atoms with E-state index in [9.17, 15) is 10.1 Å². The molecule has 4 nitrogen and oxygen atoms in total. The average molecular weight is 331 g/mol. The highest BCUT2D eigenvalue weighted by Gasteiger charge is 2.25. The Labute approximate surface area is 143 Å². The topological polar surface area (TPSA) is 57.0 Å². The van der Waals surface area contributed by atoms with Crippen molar-refractivity contribution < 1.29 is 4.79 Å². The van der Waals surface area contributed by atoms with Crippen LogP contribution in [0.5, 0.6) is 0 Å². The van der Waals surface area contributed by atoms with Crippen molar-refractivity contribution in [3.63, 3.8) is 0 Å². The Morgan fingerprint density at radius 3 is 2.65 bits per heavy atom. The summed E-state index contributed by atoms with van der Waals surface area (Å²) in [6.07, 6.45) is 4.60. The molecule has 0 bridgehead atoms. The highest BCUT2D eigenvalue weighted by Crippen LogP contribution is 2.28. The molecule has 1 aromatic rings. The van der Waals surface area contributed by atoms with Crippen LogP contribution in [-0.4, -0.2) is 34.6 Å². The van der Waals surface area contributed by atoms with Crippen molar-refractivity contribution in [1.29, 1.82) is 5.26 Å². The van der Waals surface area contributed by atoms with E-state index in [1.165, 1.54) is 24.6 Å². The third kappa shape index (κ3) is 4.48. The third-order valence-electron chi connectivity index (χ3n) is 4.68. The molecule has 0 aromatic carbocycles. The van der Waals surface area contributed by atoms with E-state index in [1.807, 2.05) is 31.9 Å². The number of aromatic nitrogens is 1. The summed E-state index contributed by atoms with van der Waals surface area (Å²) in [4.78, 5) is 18.8. The SMILES string of the molecule is Cc1cc(C)c(C#N)c(SCC(=O)N(C)C2CCC(C)CC2)n1. The summed E-state index contributed by atoms with van der Waals surface area (Å²) in [6.45, 7) is 6.10. The van der Waals surface area contributed by atoms with Crippen LogP contribution in [0.1, 0.15) is 49.4 Å². The minimum Gasteiger partial charge on any atom is -0.342 e. The molecule has 5 heteroatoms. The summed E-state index contributed by atoms with van der Waals surface area (Å²) in [7, 11) is 1.91. The van der Waals surface area contributed by atoms with Gasteiger partial charge in [0.25, 0.3) is 0 Å². The third-order valence-corrected chi connectivity index (χ3v) is 5.64. The van der Waals surface area contributed by atoms with Gasteiger partial charge in [0, 0.05) is 18.8 Å². The van der Waals surface area contributed by atoms with E-state index in [2.05, 4.69) is 18.0 Å². The minimum absolute atomic E-state index is 0.124. The molecule has 124 valence electrons. The molecular formula is C18H25N3OS. The molecule has 1 aromatic heterocycles. The van der Waals surface area contributed by atoms with Gasteiger partial charge < -0.3 is 4.90 Å². The highest BCUT2D eigenvalue weighted by molar-refractivity contribution is 8.00. The molecule has 0 atom stereocenters. The van der Waals surface area contributed by atoms with Gasteiger partial charge in [0.2, 0.25) is 5.91 Å². The maximum absolute atomic E-state index is 12.5. The van der Waals surface area contributed by atoms with Crippen molar-refractivity contribution in [3.05, 3.63) is 22.9 Å². The van der Waals surface area contributed by atoms with E-state index < -0.39 is 0 Å². The summed E-state index contributed by atoms with van der Waals surface area (Å²) in [6, 6.07) is 4.47. The lowest BCUT2D eigenvalue weighted by Gasteiger charge is -2.33. The molecule has 1 aliphatic rings. The van der Waals surface area contributed by atoms with Gasteiger partial charge in [0.15, 0.2) is 0 Å². The van der Waals surface area contributed by atoms with Crippen molar-refractivity contribution >= 4 is 17.7 Å². The van der Waals surface area contributed by atoms with E-state index in [0.29, 0.717) is 22.4 Å². The first-order valence-electron chi connectivity index (χ1n) is 8.19. The summed E-state index contributed by atoms with van der Waals surface area (Å²) in [5, 5.41) is 9.96. The first-order chi connectivity index (χ1) is 10.9. The van der Waals surface area contributed by atoms with E-state index in [1.54, 1.807) is 0 Å². The fourth-order valence-corrected chi connectivity index (χ4v) is 4.13. The van der Waals surface area contributed by atoms with Crippen LogP contribution in [0, 0.1) is 31.1 Å². The zero-order chi connectivity index (χ0) is 17.0. The van der Waals surface area contributed by atoms with Crippen molar-refractivity contribution in [2.24, 2.45) is 5.92 Å². The zero-order valence-corrected chi connectivity index (χ0v) is 15.2. The maximum Gasteiger partial charge on any atom is 0.232 e. The van der Waals surface area contributed by atoms with Gasteiger partial charge in [-0.2, -0.15) is 5.26 Å². The molecule has 0 radical (unpaired) electrons. The summed E-state index contributed by atoms with van der Waals surface area (Å²) in [5.41, 5.74) is 2.39. The zero-order valence-electron chi connectivity index (χ0n) is 14.4. The quantitative estimate of drug-likeness (QED) is 0.789. The van der Waals surface area contributed by atoms with Gasteiger partial charge in [-0.15, -0.1) is 0 Å². The second-order valence-corrected chi connectivity index (χ2v) is 7.54. The number of carbonyl (C=O) groups excluding carboxylic acids is 1. The number of nitriles is 1. The Morgan fingerprint density at radius 1 is 1.39 bits per heavy atom. The fourth-order valence-electron chi connectivity index (χ4n) is 3.11. The summed E-state index contributed by atoms with van der Waals surface area (Å²) < 4.78 is 0. The first-order valence-corrected chi connectivity index (χ1v) is 9.17. The smallest absolute Gasteiger partial charge is 0.232 e. The molecule has 23 heavy (non-hydrogen) atoms. The number of pyridine rings is 1. The van der Waals surface area contributed by atoms with Gasteiger partial charge in [-0.3, -0.25) is 4.79 Å². The lowest BCUT2D eigenvalue weighted by molar-refractivity contribution is -0.129. The highest BCUT2D eigenvalue weighted by atomic mass is 32.2. The van der Waals surface area contributed by atoms with Gasteiger partial charge >= 0.3 is 0 Å². The van der Waals surface area contributed by atoms with Crippen LogP contribution in [-0.2, 0) is 4.79 Å². The van der Waals surface area contributed by atoms with Crippen molar-refractivity contribution in [1.82, 2.24) is 9.88 Å². The second-order valence-electron chi connectivity index (χ2n) is 6.58. The van der Waals surface area contributed by atoms with Crippen LogP contribution in [0.3, 0.4) is 0 Å². The molecule has 0 spiro atoms. The predicted octanol–water partition coefficient (Wildman–Crippen LogP) is 3.70. The van der Waals surface area contributed by atoms with Crippen LogP contribution in [0.2, 0.25) is 0 Å². The number of aryl methyl sites for hydroxylation is 2. The second kappa shape index (κ2) is 7.83. The number of hydrogen-bond acceptors (Lipinski definition) is 4. The minimum atomic E-state index is 0.124. The number of rotatable bonds is 4. The van der Waals surface area contributed by atoms with Crippen LogP contribution < -0.4 is 0 Å². The number of hydrogen-bond donors (Lipinski definition) is 0. The van der Waals surface area contributed by atoms with Crippen molar-refractivity contribution in [3.8, 4) is 6.07 Å². The number of amides is 1. The van der Waals surface area contributed by atoms with E-state index >= 15 is 0 Å². The van der Waals surface area contributed by atoms with E-state index in [-0.39, 0.29) is 5.91 Å². The molecule has 0 N–H and O–H groups in total. The number of carbonyl (C=O) groups is 1. The van der Waals surface area contributed by atoms with Gasteiger partial charge in [0.1, 0.15) is 11.1 Å². The average Bonchev–Trinajstić information content (AvgIpc) is 2.52. The molecule has 1 amide bonds. The molecule has 1 heterocycles. The Kier molecular flexibility index (Phi) is 6.06. The van der Waals surface area contributed by atoms with Crippen LogP contribution in [0.15, 0.2) is 11.1 Å². The first kappa shape index (κ1) is 17.8. The van der Waals surface area contributed by atoms with Gasteiger partial charge in [0.05, 0.1) is 11.3 Å². The summed E-state index contributed by atoms with van der Waals surface area (Å²) in [5.74, 6) is 1.24. The van der Waals surface area contributed by atoms with E-state index in [0.717, 1.165) is 30.0 Å². The molecule has 2 rings (SSSR count). The Bertz CT molecular complexity index is 615. The van der Waals surface area contributed by atoms with Gasteiger partial charge in [-0.05, 0) is 57.1 Å². The largest absolute Gasteiger partial charge is 0.342 e. The lowest BCUT2D eigenvalue weighted by Crippen LogP contribution is -2.40. The molecule has 0 aliphatic heterocycles. The molecule has 1 aliphatic carbocycles. The molecule has 1 saturated carbocycles. The number of thioether (sulfide) groups is 1. The standard InChI is InChI=1S/C18H25N3OS/c1-12-5-7-15(8-6-12)21(4)17(22)11-23-18-16(10-19)13(2)9-14(3)20-18/h9,12,15H,5-8,11H2,1-4H3. The van der Waals surface area contributed by atoms with Crippen LogP contribution in [0.25, 0.3) is 0 Å². The van der Waals surface area contributed by atoms with Crippen molar-refractivity contribution in [2.75, 3.05) is 12.8 Å². The molecular weight excluding hydrogens is 306 g/mol.